The van der Waals surface area contributed by atoms with Crippen LogP contribution >= 0.6 is 34.0 Å². The van der Waals surface area contributed by atoms with E-state index in [4.69, 9.17) is 0 Å². The van der Waals surface area contributed by atoms with Gasteiger partial charge in [-0.25, -0.2) is 18.7 Å². The van der Waals surface area contributed by atoms with Crippen molar-refractivity contribution in [2.75, 3.05) is 5.32 Å². The van der Waals surface area contributed by atoms with E-state index in [1.54, 1.807) is 23.6 Å². The number of carbonyl (C=O) groups excluding carboxylic acids is 1. The molecule has 1 N–H and O–H groups in total. The topological polar surface area (TPSA) is 54.9 Å². The van der Waals surface area contributed by atoms with E-state index >= 15 is 0 Å². The van der Waals surface area contributed by atoms with Crippen molar-refractivity contribution in [3.8, 4) is 21.8 Å². The molecule has 0 bridgehead atoms. The summed E-state index contributed by atoms with van der Waals surface area (Å²) in [6, 6.07) is 5.53. The molecule has 0 saturated carbocycles. The minimum absolute atomic E-state index is 0.294. The summed E-state index contributed by atoms with van der Waals surface area (Å²) in [5.74, 6) is -2.14. The first-order valence-electron chi connectivity index (χ1n) is 7.73. The number of benzene rings is 1. The normalized spacial score (nSPS) is 10.9. The lowest BCUT2D eigenvalue weighted by Crippen LogP contribution is -2.11. The Morgan fingerprint density at radius 2 is 1.93 bits per heavy atom. The number of rotatable bonds is 4. The molecule has 0 unspecified atom stereocenters. The number of nitrogens with one attached hydrogen (secondary N) is 1. The summed E-state index contributed by atoms with van der Waals surface area (Å²) in [6.45, 7) is 1.79. The standard InChI is InChI=1S/C18H11F2N3OS3/c1-9-15(27-17(21-9)11-4-5-25-7-11)16(24)23-18-22-14(8-26-18)10-2-3-12(19)13(20)6-10/h2-8H,1H3,(H,22,23,24). The molecule has 0 aliphatic carbocycles. The van der Waals surface area contributed by atoms with Gasteiger partial charge in [0.15, 0.2) is 16.8 Å². The second-order valence-corrected chi connectivity index (χ2v) is 8.20. The minimum atomic E-state index is -0.938. The molecule has 4 aromatic rings. The van der Waals surface area contributed by atoms with Crippen LogP contribution in [0.25, 0.3) is 21.8 Å². The number of hydrogen-bond donors (Lipinski definition) is 1. The molecular weight excluding hydrogens is 408 g/mol. The van der Waals surface area contributed by atoms with E-state index in [1.165, 1.54) is 28.7 Å². The molecular formula is C18H11F2N3OS3. The Morgan fingerprint density at radius 1 is 1.07 bits per heavy atom. The van der Waals surface area contributed by atoms with Crippen molar-refractivity contribution in [1.29, 1.82) is 0 Å². The zero-order chi connectivity index (χ0) is 19.0. The second-order valence-electron chi connectivity index (χ2n) is 5.57. The van der Waals surface area contributed by atoms with E-state index in [2.05, 4.69) is 15.3 Å². The Labute approximate surface area is 165 Å². The maximum atomic E-state index is 13.4. The highest BCUT2D eigenvalue weighted by molar-refractivity contribution is 7.18. The zero-order valence-electron chi connectivity index (χ0n) is 13.8. The van der Waals surface area contributed by atoms with Gasteiger partial charge in [0.2, 0.25) is 0 Å². The van der Waals surface area contributed by atoms with Gasteiger partial charge in [0.1, 0.15) is 9.88 Å². The molecule has 3 aromatic heterocycles. The fourth-order valence-corrected chi connectivity index (χ4v) is 4.78. The molecule has 0 radical (unpaired) electrons. The quantitative estimate of drug-likeness (QED) is 0.452. The highest BCUT2D eigenvalue weighted by Gasteiger charge is 2.18. The predicted molar refractivity (Wildman–Crippen MR) is 106 cm³/mol. The third-order valence-electron chi connectivity index (χ3n) is 3.71. The fraction of sp³-hybridized carbons (Fsp3) is 0.0556. The molecule has 136 valence electrons. The number of aryl methyl sites for hydroxylation is 1. The van der Waals surface area contributed by atoms with Gasteiger partial charge in [-0.15, -0.1) is 22.7 Å². The molecule has 0 aliphatic heterocycles. The number of carbonyl (C=O) groups is 1. The summed E-state index contributed by atoms with van der Waals surface area (Å²) >= 11 is 4.11. The predicted octanol–water partition coefficient (Wildman–Crippen LogP) is 5.83. The Balaban J connectivity index is 1.54. The summed E-state index contributed by atoms with van der Waals surface area (Å²) in [4.78, 5) is 21.8. The number of halogens is 2. The Hall–Kier alpha value is -2.49. The van der Waals surface area contributed by atoms with Crippen LogP contribution in [0.15, 0.2) is 40.4 Å². The Bertz CT molecular complexity index is 1120. The lowest BCUT2D eigenvalue weighted by Gasteiger charge is -2.00. The van der Waals surface area contributed by atoms with Crippen LogP contribution in [-0.2, 0) is 0 Å². The lowest BCUT2D eigenvalue weighted by molar-refractivity contribution is 0.103. The first-order chi connectivity index (χ1) is 13.0. The van der Waals surface area contributed by atoms with Gasteiger partial charge in [-0.05, 0) is 36.6 Å². The van der Waals surface area contributed by atoms with Gasteiger partial charge in [-0.1, -0.05) is 0 Å². The van der Waals surface area contributed by atoms with Crippen molar-refractivity contribution >= 4 is 45.0 Å². The molecule has 3 heterocycles. The van der Waals surface area contributed by atoms with E-state index in [-0.39, 0.29) is 5.91 Å². The van der Waals surface area contributed by atoms with Crippen molar-refractivity contribution < 1.29 is 13.6 Å². The summed E-state index contributed by atoms with van der Waals surface area (Å²) in [5.41, 5.74) is 2.55. The van der Waals surface area contributed by atoms with Gasteiger partial charge >= 0.3 is 0 Å². The molecule has 0 fully saturated rings. The van der Waals surface area contributed by atoms with Gasteiger partial charge in [-0.3, -0.25) is 10.1 Å². The van der Waals surface area contributed by atoms with E-state index in [1.807, 2.05) is 16.8 Å². The van der Waals surface area contributed by atoms with E-state index in [9.17, 15) is 13.6 Å². The van der Waals surface area contributed by atoms with Crippen LogP contribution < -0.4 is 5.32 Å². The van der Waals surface area contributed by atoms with Crippen LogP contribution in [0.3, 0.4) is 0 Å². The van der Waals surface area contributed by atoms with Gasteiger partial charge < -0.3 is 0 Å². The summed E-state index contributed by atoms with van der Waals surface area (Å²) in [7, 11) is 0. The van der Waals surface area contributed by atoms with E-state index in [0.717, 1.165) is 22.7 Å². The molecule has 4 rings (SSSR count). The average Bonchev–Trinajstić information content (AvgIpc) is 3.37. The van der Waals surface area contributed by atoms with Crippen LogP contribution in [-0.4, -0.2) is 15.9 Å². The number of nitrogens with zero attached hydrogens (tertiary/aromatic N) is 2. The molecule has 1 aromatic carbocycles. The third kappa shape index (κ3) is 3.66. The number of hydrogen-bond acceptors (Lipinski definition) is 6. The summed E-state index contributed by atoms with van der Waals surface area (Å²) < 4.78 is 26.5. The van der Waals surface area contributed by atoms with Crippen LogP contribution in [0.5, 0.6) is 0 Å². The Morgan fingerprint density at radius 3 is 2.67 bits per heavy atom. The first kappa shape index (κ1) is 17.9. The fourth-order valence-electron chi connectivity index (χ4n) is 2.39. The molecule has 1 amide bonds. The SMILES string of the molecule is Cc1nc(-c2ccsc2)sc1C(=O)Nc1nc(-c2ccc(F)c(F)c2)cs1. The lowest BCUT2D eigenvalue weighted by atomic mass is 10.2. The van der Waals surface area contributed by atoms with Gasteiger partial charge in [-0.2, -0.15) is 11.3 Å². The second kappa shape index (κ2) is 7.26. The average molecular weight is 420 g/mol. The molecule has 4 nitrogen and oxygen atoms in total. The van der Waals surface area contributed by atoms with E-state index < -0.39 is 11.6 Å². The molecule has 27 heavy (non-hydrogen) atoms. The number of thiophene rings is 1. The molecule has 0 atom stereocenters. The molecule has 9 heteroatoms. The summed E-state index contributed by atoms with van der Waals surface area (Å²) in [5, 5.41) is 9.54. The van der Waals surface area contributed by atoms with Crippen LogP contribution in [0.2, 0.25) is 0 Å². The van der Waals surface area contributed by atoms with Gasteiger partial charge in [0.05, 0.1) is 11.4 Å². The molecule has 0 saturated heterocycles. The molecule has 0 spiro atoms. The maximum absolute atomic E-state index is 13.4. The highest BCUT2D eigenvalue weighted by Crippen LogP contribution is 2.31. The van der Waals surface area contributed by atoms with Crippen LogP contribution in [0.4, 0.5) is 13.9 Å². The van der Waals surface area contributed by atoms with Gasteiger partial charge in [0, 0.05) is 21.9 Å². The van der Waals surface area contributed by atoms with Gasteiger partial charge in [0.25, 0.3) is 5.91 Å². The number of anilines is 1. The molecule has 0 aliphatic rings. The number of aromatic nitrogens is 2. The van der Waals surface area contributed by atoms with Crippen molar-refractivity contribution in [2.24, 2.45) is 0 Å². The maximum Gasteiger partial charge on any atom is 0.269 e. The number of amides is 1. The van der Waals surface area contributed by atoms with Crippen molar-refractivity contribution in [3.63, 3.8) is 0 Å². The van der Waals surface area contributed by atoms with Crippen LogP contribution in [0.1, 0.15) is 15.4 Å². The Kier molecular flexibility index (Phi) is 4.81. The third-order valence-corrected chi connectivity index (χ3v) is 6.36. The van der Waals surface area contributed by atoms with Crippen LogP contribution in [0, 0.1) is 18.6 Å². The summed E-state index contributed by atoms with van der Waals surface area (Å²) in [6.07, 6.45) is 0. The zero-order valence-corrected chi connectivity index (χ0v) is 16.3. The smallest absolute Gasteiger partial charge is 0.269 e. The minimum Gasteiger partial charge on any atom is -0.297 e. The van der Waals surface area contributed by atoms with Crippen molar-refractivity contribution in [1.82, 2.24) is 9.97 Å². The van der Waals surface area contributed by atoms with Crippen molar-refractivity contribution in [3.05, 3.63) is 62.6 Å². The largest absolute Gasteiger partial charge is 0.297 e. The van der Waals surface area contributed by atoms with E-state index in [0.29, 0.717) is 27.0 Å². The van der Waals surface area contributed by atoms with Crippen molar-refractivity contribution in [2.45, 2.75) is 6.92 Å². The monoisotopic (exact) mass is 419 g/mol. The number of thiazole rings is 2. The first-order valence-corrected chi connectivity index (χ1v) is 10.4. The highest BCUT2D eigenvalue weighted by atomic mass is 32.1.